The maximum absolute atomic E-state index is 12.6. The summed E-state index contributed by atoms with van der Waals surface area (Å²) < 4.78 is 12.3. The van der Waals surface area contributed by atoms with E-state index in [0.29, 0.717) is 27.0 Å². The van der Waals surface area contributed by atoms with Crippen LogP contribution in [0, 0.1) is 0 Å². The zero-order valence-corrected chi connectivity index (χ0v) is 21.3. The van der Waals surface area contributed by atoms with Crippen molar-refractivity contribution >= 4 is 61.9 Å². The Bertz CT molecular complexity index is 1620. The minimum absolute atomic E-state index is 0.357. The fourth-order valence-electron chi connectivity index (χ4n) is 3.72. The molecule has 184 valence electrons. The van der Waals surface area contributed by atoms with Crippen molar-refractivity contribution in [2.24, 2.45) is 5.10 Å². The molecule has 0 bridgehead atoms. The van der Waals surface area contributed by atoms with Crippen LogP contribution in [0.25, 0.3) is 20.9 Å². The van der Waals surface area contributed by atoms with Gasteiger partial charge in [-0.05, 0) is 54.3 Å². The van der Waals surface area contributed by atoms with Crippen molar-refractivity contribution in [3.8, 4) is 11.5 Å². The zero-order chi connectivity index (χ0) is 25.8. The molecule has 0 aliphatic heterocycles. The van der Waals surface area contributed by atoms with Crippen LogP contribution in [0.1, 0.15) is 22.2 Å². The van der Waals surface area contributed by atoms with E-state index in [9.17, 15) is 9.59 Å². The topological polar surface area (TPSA) is 77.0 Å². The molecule has 5 rings (SSSR count). The molecule has 0 radical (unpaired) electrons. The average Bonchev–Trinajstić information content (AvgIpc) is 3.26. The summed E-state index contributed by atoms with van der Waals surface area (Å²) in [7, 11) is 0. The second-order valence-corrected chi connectivity index (χ2v) is 9.60. The fourth-order valence-corrected chi connectivity index (χ4v) is 5.11. The van der Waals surface area contributed by atoms with E-state index in [0.717, 1.165) is 20.9 Å². The maximum Gasteiger partial charge on any atom is 0.355 e. The number of halogens is 1. The lowest BCUT2D eigenvalue weighted by Gasteiger charge is -2.14. The van der Waals surface area contributed by atoms with E-state index in [4.69, 9.17) is 21.1 Å². The van der Waals surface area contributed by atoms with Gasteiger partial charge in [0, 0.05) is 15.5 Å². The largest absolute Gasteiger partial charge is 0.480 e. The number of esters is 1. The van der Waals surface area contributed by atoms with Gasteiger partial charge < -0.3 is 9.47 Å². The number of nitrogens with zero attached hydrogens (tertiary/aromatic N) is 1. The molecule has 0 saturated heterocycles. The molecular formula is C29H21ClN2O4S. The quantitative estimate of drug-likeness (QED) is 0.108. The van der Waals surface area contributed by atoms with Crippen molar-refractivity contribution in [2.45, 2.75) is 13.0 Å². The van der Waals surface area contributed by atoms with Crippen molar-refractivity contribution in [1.82, 2.24) is 5.43 Å². The maximum atomic E-state index is 12.6. The monoisotopic (exact) mass is 528 g/mol. The molecule has 1 atom stereocenters. The number of nitrogens with one attached hydrogen (secondary N) is 1. The average molecular weight is 529 g/mol. The van der Waals surface area contributed by atoms with Crippen LogP contribution in [-0.2, 0) is 4.79 Å². The normalized spacial score (nSPS) is 12.1. The zero-order valence-electron chi connectivity index (χ0n) is 19.7. The summed E-state index contributed by atoms with van der Waals surface area (Å²) in [4.78, 5) is 25.4. The van der Waals surface area contributed by atoms with E-state index in [1.807, 2.05) is 66.7 Å². The Hall–Kier alpha value is -4.20. The molecule has 8 heteroatoms. The number of carbonyl (C=O) groups is 2. The first-order chi connectivity index (χ1) is 18.0. The number of ether oxygens (including phenoxy) is 2. The number of hydrogen-bond acceptors (Lipinski definition) is 6. The van der Waals surface area contributed by atoms with Gasteiger partial charge in [0.15, 0.2) is 6.10 Å². The Kier molecular flexibility index (Phi) is 7.16. The SMILES string of the molecule is CC(Oc1cccc2ccccc12)C(=O)N/N=C/c1ccc(OC(=O)c2sc3ccccc3c2Cl)cc1. The van der Waals surface area contributed by atoms with Crippen LogP contribution >= 0.6 is 22.9 Å². The lowest BCUT2D eigenvalue weighted by molar-refractivity contribution is -0.127. The van der Waals surface area contributed by atoms with Crippen molar-refractivity contribution in [2.75, 3.05) is 0 Å². The van der Waals surface area contributed by atoms with Crippen LogP contribution < -0.4 is 14.9 Å². The Morgan fingerprint density at radius 3 is 2.41 bits per heavy atom. The highest BCUT2D eigenvalue weighted by atomic mass is 35.5. The predicted octanol–water partition coefficient (Wildman–Crippen LogP) is 6.84. The van der Waals surface area contributed by atoms with Gasteiger partial charge in [-0.3, -0.25) is 4.79 Å². The third-order valence-electron chi connectivity index (χ3n) is 5.62. The second kappa shape index (κ2) is 10.8. The Labute approximate surface area is 222 Å². The lowest BCUT2D eigenvalue weighted by atomic mass is 10.1. The molecule has 1 unspecified atom stereocenters. The van der Waals surface area contributed by atoms with Gasteiger partial charge in [0.25, 0.3) is 5.91 Å². The van der Waals surface area contributed by atoms with Gasteiger partial charge in [-0.15, -0.1) is 11.3 Å². The van der Waals surface area contributed by atoms with E-state index in [-0.39, 0.29) is 5.91 Å². The van der Waals surface area contributed by atoms with Gasteiger partial charge >= 0.3 is 5.97 Å². The summed E-state index contributed by atoms with van der Waals surface area (Å²) in [6.07, 6.45) is 0.752. The molecule has 6 nitrogen and oxygen atoms in total. The molecular weight excluding hydrogens is 508 g/mol. The number of carbonyl (C=O) groups excluding carboxylic acids is 2. The summed E-state index contributed by atoms with van der Waals surface area (Å²) in [5, 5.41) is 7.20. The number of hydrogen-bond donors (Lipinski definition) is 1. The van der Waals surface area contributed by atoms with Crippen molar-refractivity contribution in [1.29, 1.82) is 0 Å². The molecule has 0 aliphatic carbocycles. The standard InChI is InChI=1S/C29H21ClN2O4S/c1-18(35-24-11-6-8-20-7-2-3-9-22(20)24)28(33)32-31-17-19-13-15-21(16-14-19)36-29(34)27-26(30)23-10-4-5-12-25(23)37-27/h2-18H,1H3,(H,32,33)/b31-17+. The highest BCUT2D eigenvalue weighted by molar-refractivity contribution is 7.21. The first-order valence-electron chi connectivity index (χ1n) is 11.5. The minimum atomic E-state index is -0.745. The van der Waals surface area contributed by atoms with E-state index in [1.54, 1.807) is 31.2 Å². The smallest absolute Gasteiger partial charge is 0.355 e. The molecule has 37 heavy (non-hydrogen) atoms. The first-order valence-corrected chi connectivity index (χ1v) is 12.7. The minimum Gasteiger partial charge on any atom is -0.480 e. The molecule has 5 aromatic rings. The molecule has 0 saturated carbocycles. The van der Waals surface area contributed by atoms with Crippen LogP contribution in [-0.4, -0.2) is 24.2 Å². The van der Waals surface area contributed by atoms with Crippen molar-refractivity contribution < 1.29 is 19.1 Å². The first kappa shape index (κ1) is 24.5. The van der Waals surface area contributed by atoms with Crippen LogP contribution in [0.15, 0.2) is 96.1 Å². The Morgan fingerprint density at radius 2 is 1.62 bits per heavy atom. The Balaban J connectivity index is 1.17. The van der Waals surface area contributed by atoms with E-state index < -0.39 is 12.1 Å². The predicted molar refractivity (Wildman–Crippen MR) is 148 cm³/mol. The van der Waals surface area contributed by atoms with Crippen molar-refractivity contribution in [3.05, 3.63) is 106 Å². The van der Waals surface area contributed by atoms with Gasteiger partial charge in [0.2, 0.25) is 0 Å². The van der Waals surface area contributed by atoms with Crippen molar-refractivity contribution in [3.63, 3.8) is 0 Å². The number of rotatable bonds is 7. The van der Waals surface area contributed by atoms with Crippen LogP contribution in [0.5, 0.6) is 11.5 Å². The fraction of sp³-hybridized carbons (Fsp3) is 0.0690. The third-order valence-corrected chi connectivity index (χ3v) is 7.28. The molecule has 1 amide bonds. The summed E-state index contributed by atoms with van der Waals surface area (Å²) in [5.74, 6) is 0.110. The summed E-state index contributed by atoms with van der Waals surface area (Å²) >= 11 is 7.66. The summed E-state index contributed by atoms with van der Waals surface area (Å²) in [5.41, 5.74) is 3.20. The number of thiophene rings is 1. The number of amides is 1. The molecule has 0 fully saturated rings. The van der Waals surface area contributed by atoms with E-state index in [1.165, 1.54) is 17.6 Å². The van der Waals surface area contributed by atoms with Gasteiger partial charge in [0.05, 0.1) is 11.2 Å². The molecule has 1 heterocycles. The molecule has 1 aromatic heterocycles. The highest BCUT2D eigenvalue weighted by Crippen LogP contribution is 2.35. The van der Waals surface area contributed by atoms with E-state index in [2.05, 4.69) is 10.5 Å². The van der Waals surface area contributed by atoms with E-state index >= 15 is 0 Å². The van der Waals surface area contributed by atoms with Gasteiger partial charge in [-0.25, -0.2) is 10.2 Å². The molecule has 0 aliphatic rings. The molecule has 0 spiro atoms. The van der Waals surface area contributed by atoms with Gasteiger partial charge in [-0.2, -0.15) is 5.10 Å². The number of benzene rings is 4. The summed E-state index contributed by atoms with van der Waals surface area (Å²) in [6.45, 7) is 1.67. The van der Waals surface area contributed by atoms with Crippen LogP contribution in [0.3, 0.4) is 0 Å². The molecule has 4 aromatic carbocycles. The van der Waals surface area contributed by atoms with Crippen LogP contribution in [0.4, 0.5) is 0 Å². The summed E-state index contributed by atoms with van der Waals surface area (Å²) in [6, 6.07) is 27.8. The third kappa shape index (κ3) is 5.48. The second-order valence-electron chi connectivity index (χ2n) is 8.17. The number of hydrazone groups is 1. The molecule has 1 N–H and O–H groups in total. The Morgan fingerprint density at radius 1 is 0.919 bits per heavy atom. The van der Waals surface area contributed by atoms with Gasteiger partial charge in [0.1, 0.15) is 16.4 Å². The lowest BCUT2D eigenvalue weighted by Crippen LogP contribution is -2.33. The van der Waals surface area contributed by atoms with Crippen LogP contribution in [0.2, 0.25) is 5.02 Å². The number of fused-ring (bicyclic) bond motifs is 2. The van der Waals surface area contributed by atoms with Gasteiger partial charge in [-0.1, -0.05) is 66.2 Å². The highest BCUT2D eigenvalue weighted by Gasteiger charge is 2.19.